The van der Waals surface area contributed by atoms with Gasteiger partial charge in [0, 0.05) is 19.5 Å². The first-order valence-corrected chi connectivity index (χ1v) is 5.62. The van der Waals surface area contributed by atoms with Crippen molar-refractivity contribution in [1.29, 1.82) is 0 Å². The number of carbonyl (C=O) groups excluding carboxylic acids is 1. The molecule has 0 amide bonds. The van der Waals surface area contributed by atoms with Crippen LogP contribution in [0.25, 0.3) is 0 Å². The van der Waals surface area contributed by atoms with E-state index < -0.39 is 11.5 Å². The van der Waals surface area contributed by atoms with Gasteiger partial charge in [0.05, 0.1) is 5.69 Å². The molecule has 1 rings (SSSR count). The van der Waals surface area contributed by atoms with Crippen molar-refractivity contribution >= 4 is 21.9 Å². The van der Waals surface area contributed by atoms with Gasteiger partial charge < -0.3 is 14.4 Å². The molecule has 0 bridgehead atoms. The molecule has 0 fully saturated rings. The molecule has 0 spiro atoms. The van der Waals surface area contributed by atoms with E-state index in [0.29, 0.717) is 5.69 Å². The fraction of sp³-hybridized carbons (Fsp3) is 0.273. The number of aromatic hydroxyl groups is 1. The number of hydrogen-bond acceptors (Lipinski definition) is 4. The average molecular weight is 302 g/mol. The molecule has 6 heteroatoms. The van der Waals surface area contributed by atoms with Crippen LogP contribution < -0.4 is 5.56 Å². The Hall–Kier alpha value is -1.56. The lowest BCUT2D eigenvalue weighted by atomic mass is 10.3. The van der Waals surface area contributed by atoms with E-state index in [1.807, 2.05) is 0 Å². The van der Waals surface area contributed by atoms with Crippen LogP contribution in [-0.2, 0) is 22.7 Å². The topological polar surface area (TPSA) is 68.5 Å². The van der Waals surface area contributed by atoms with E-state index in [1.54, 1.807) is 6.08 Å². The molecule has 0 unspecified atom stereocenters. The number of hydrogen-bond donors (Lipinski definition) is 1. The van der Waals surface area contributed by atoms with Crippen molar-refractivity contribution in [2.45, 2.75) is 20.1 Å². The third-order valence-electron chi connectivity index (χ3n) is 2.04. The van der Waals surface area contributed by atoms with Crippen molar-refractivity contribution < 1.29 is 14.6 Å². The highest BCUT2D eigenvalue weighted by Crippen LogP contribution is 2.20. The standard InChI is InChI=1S/C11H12BrNO4/c1-3-4-13-8(6-17-7(2)14)5-9(15)10(12)11(13)16/h3,5,15H,1,4,6H2,2H3. The van der Waals surface area contributed by atoms with Crippen LogP contribution in [0.3, 0.4) is 0 Å². The predicted molar refractivity (Wildman–Crippen MR) is 65.7 cm³/mol. The van der Waals surface area contributed by atoms with Crippen molar-refractivity contribution in [3.05, 3.63) is 39.2 Å². The van der Waals surface area contributed by atoms with E-state index >= 15 is 0 Å². The fourth-order valence-electron chi connectivity index (χ4n) is 1.28. The van der Waals surface area contributed by atoms with Gasteiger partial charge in [0.25, 0.3) is 5.56 Å². The summed E-state index contributed by atoms with van der Waals surface area (Å²) in [4.78, 5) is 22.5. The number of halogens is 1. The van der Waals surface area contributed by atoms with Gasteiger partial charge in [-0.15, -0.1) is 6.58 Å². The number of carbonyl (C=O) groups is 1. The zero-order chi connectivity index (χ0) is 13.0. The van der Waals surface area contributed by atoms with Crippen LogP contribution in [0.2, 0.25) is 0 Å². The molecule has 92 valence electrons. The Balaban J connectivity index is 3.22. The van der Waals surface area contributed by atoms with Gasteiger partial charge in [-0.3, -0.25) is 9.59 Å². The molecule has 1 N–H and O–H groups in total. The lowest BCUT2D eigenvalue weighted by Gasteiger charge is -2.12. The molecule has 0 radical (unpaired) electrons. The molecule has 0 saturated heterocycles. The SMILES string of the molecule is C=CCn1c(COC(C)=O)cc(O)c(Br)c1=O. The second kappa shape index (κ2) is 5.67. The molecule has 17 heavy (non-hydrogen) atoms. The van der Waals surface area contributed by atoms with Gasteiger partial charge in [0.1, 0.15) is 16.8 Å². The Bertz CT molecular complexity index is 507. The molecule has 0 aliphatic carbocycles. The molecule has 1 heterocycles. The fourth-order valence-corrected chi connectivity index (χ4v) is 1.61. The van der Waals surface area contributed by atoms with E-state index in [0.717, 1.165) is 0 Å². The second-order valence-corrected chi connectivity index (χ2v) is 4.11. The van der Waals surface area contributed by atoms with E-state index in [1.165, 1.54) is 17.6 Å². The first kappa shape index (κ1) is 13.5. The Morgan fingerprint density at radius 2 is 2.35 bits per heavy atom. The van der Waals surface area contributed by atoms with Crippen molar-refractivity contribution in [3.8, 4) is 5.75 Å². The average Bonchev–Trinajstić information content (AvgIpc) is 2.27. The first-order valence-electron chi connectivity index (χ1n) is 4.82. The summed E-state index contributed by atoms with van der Waals surface area (Å²) in [6, 6.07) is 1.37. The Morgan fingerprint density at radius 3 is 2.88 bits per heavy atom. The highest BCUT2D eigenvalue weighted by Gasteiger charge is 2.12. The van der Waals surface area contributed by atoms with Gasteiger partial charge in [0.15, 0.2) is 0 Å². The van der Waals surface area contributed by atoms with Crippen LogP contribution in [0, 0.1) is 0 Å². The summed E-state index contributed by atoms with van der Waals surface area (Å²) in [5.41, 5.74) is 0.0119. The molecule has 0 saturated carbocycles. The zero-order valence-electron chi connectivity index (χ0n) is 9.27. The largest absolute Gasteiger partial charge is 0.506 e. The van der Waals surface area contributed by atoms with Crippen molar-refractivity contribution in [3.63, 3.8) is 0 Å². The van der Waals surface area contributed by atoms with Crippen molar-refractivity contribution in [2.75, 3.05) is 0 Å². The lowest BCUT2D eigenvalue weighted by Crippen LogP contribution is -2.24. The smallest absolute Gasteiger partial charge is 0.303 e. The van der Waals surface area contributed by atoms with Crippen molar-refractivity contribution in [2.24, 2.45) is 0 Å². The van der Waals surface area contributed by atoms with Gasteiger partial charge in [-0.2, -0.15) is 0 Å². The number of nitrogens with zero attached hydrogens (tertiary/aromatic N) is 1. The van der Waals surface area contributed by atoms with Crippen LogP contribution >= 0.6 is 15.9 Å². The third-order valence-corrected chi connectivity index (χ3v) is 2.79. The second-order valence-electron chi connectivity index (χ2n) is 3.32. The molecule has 0 aliphatic heterocycles. The Kier molecular flexibility index (Phi) is 4.51. The molecule has 5 nitrogen and oxygen atoms in total. The van der Waals surface area contributed by atoms with Gasteiger partial charge in [0.2, 0.25) is 0 Å². The van der Waals surface area contributed by atoms with Crippen LogP contribution in [0.15, 0.2) is 28.0 Å². The summed E-state index contributed by atoms with van der Waals surface area (Å²) in [5, 5.41) is 9.51. The minimum atomic E-state index is -0.454. The van der Waals surface area contributed by atoms with E-state index in [4.69, 9.17) is 4.74 Å². The van der Waals surface area contributed by atoms with Gasteiger partial charge in [-0.05, 0) is 15.9 Å². The van der Waals surface area contributed by atoms with Gasteiger partial charge in [-0.1, -0.05) is 6.08 Å². The number of rotatable bonds is 4. The Labute approximate surface area is 106 Å². The summed E-state index contributed by atoms with van der Waals surface area (Å²) in [7, 11) is 0. The summed E-state index contributed by atoms with van der Waals surface area (Å²) in [6.07, 6.45) is 1.54. The van der Waals surface area contributed by atoms with Crippen LogP contribution in [0.1, 0.15) is 12.6 Å². The first-order chi connectivity index (χ1) is 7.97. The highest BCUT2D eigenvalue weighted by molar-refractivity contribution is 9.10. The normalized spacial score (nSPS) is 10.0. The van der Waals surface area contributed by atoms with Crippen molar-refractivity contribution in [1.82, 2.24) is 4.57 Å². The van der Waals surface area contributed by atoms with E-state index in [-0.39, 0.29) is 23.4 Å². The summed E-state index contributed by atoms with van der Waals surface area (Å²) in [5.74, 6) is -0.637. The Morgan fingerprint density at radius 1 is 1.71 bits per heavy atom. The summed E-state index contributed by atoms with van der Waals surface area (Å²) in [6.45, 7) is 5.01. The number of ether oxygens (including phenoxy) is 1. The summed E-state index contributed by atoms with van der Waals surface area (Å²) < 4.78 is 6.24. The molecule has 0 atom stereocenters. The highest BCUT2D eigenvalue weighted by atomic mass is 79.9. The molecule has 0 aliphatic rings. The van der Waals surface area contributed by atoms with E-state index in [2.05, 4.69) is 22.5 Å². The minimum absolute atomic E-state index is 0.0702. The minimum Gasteiger partial charge on any atom is -0.506 e. The van der Waals surface area contributed by atoms with Gasteiger partial charge in [-0.25, -0.2) is 0 Å². The molecular formula is C11H12BrNO4. The lowest BCUT2D eigenvalue weighted by molar-refractivity contribution is -0.142. The monoisotopic (exact) mass is 301 g/mol. The van der Waals surface area contributed by atoms with E-state index in [9.17, 15) is 14.7 Å². The molecular weight excluding hydrogens is 290 g/mol. The maximum atomic E-state index is 11.8. The number of aromatic nitrogens is 1. The molecule has 1 aromatic heterocycles. The maximum Gasteiger partial charge on any atom is 0.303 e. The predicted octanol–water partition coefficient (Wildman–Crippen LogP) is 1.57. The number of allylic oxidation sites excluding steroid dienone is 1. The third kappa shape index (κ3) is 3.20. The number of pyridine rings is 1. The molecule has 1 aromatic rings. The van der Waals surface area contributed by atoms with Crippen LogP contribution in [-0.4, -0.2) is 15.6 Å². The summed E-state index contributed by atoms with van der Waals surface area (Å²) >= 11 is 2.99. The van der Waals surface area contributed by atoms with Gasteiger partial charge >= 0.3 is 5.97 Å². The van der Waals surface area contributed by atoms with Crippen LogP contribution in [0.4, 0.5) is 0 Å². The zero-order valence-corrected chi connectivity index (χ0v) is 10.9. The molecule has 0 aromatic carbocycles. The quantitative estimate of drug-likeness (QED) is 0.677. The number of esters is 1. The van der Waals surface area contributed by atoms with Crippen LogP contribution in [0.5, 0.6) is 5.75 Å². The maximum absolute atomic E-state index is 11.8.